The maximum atomic E-state index is 12.5. The number of nitrogens with two attached hydrogens (primary N) is 1. The average molecular weight is 347 g/mol. The van der Waals surface area contributed by atoms with Crippen molar-refractivity contribution in [3.05, 3.63) is 0 Å². The summed E-state index contributed by atoms with van der Waals surface area (Å²) in [6, 6.07) is -0.367. The number of hydrogen-bond acceptors (Lipinski definition) is 4. The Morgan fingerprint density at radius 3 is 2.39 bits per heavy atom. The van der Waals surface area contributed by atoms with Gasteiger partial charge in [-0.2, -0.15) is 0 Å². The van der Waals surface area contributed by atoms with Crippen LogP contribution in [0.15, 0.2) is 0 Å². The Kier molecular flexibility index (Phi) is 6.41. The van der Waals surface area contributed by atoms with Gasteiger partial charge in [0.05, 0.1) is 0 Å². The van der Waals surface area contributed by atoms with E-state index in [1.165, 1.54) is 0 Å². The second kappa shape index (κ2) is 7.49. The highest BCUT2D eigenvalue weighted by Gasteiger charge is 2.49. The van der Waals surface area contributed by atoms with Crippen LogP contribution in [0.2, 0.25) is 0 Å². The summed E-state index contributed by atoms with van der Waals surface area (Å²) in [6.45, 7) is 6.66. The number of nitrogens with zero attached hydrogens (tertiary/aromatic N) is 2. The molecule has 0 aromatic rings. The van der Waals surface area contributed by atoms with E-state index in [2.05, 4.69) is 5.32 Å². The second-order valence-electron chi connectivity index (χ2n) is 6.34. The van der Waals surface area contributed by atoms with Gasteiger partial charge in [-0.15, -0.1) is 12.4 Å². The molecule has 132 valence electrons. The van der Waals surface area contributed by atoms with Gasteiger partial charge in [0.25, 0.3) is 5.91 Å². The lowest BCUT2D eigenvalue weighted by atomic mass is 9.93. The van der Waals surface area contributed by atoms with E-state index < -0.39 is 11.6 Å². The third kappa shape index (κ3) is 3.45. The second-order valence-corrected chi connectivity index (χ2v) is 6.34. The van der Waals surface area contributed by atoms with E-state index in [-0.39, 0.29) is 36.8 Å². The van der Waals surface area contributed by atoms with Crippen LogP contribution >= 0.6 is 12.4 Å². The van der Waals surface area contributed by atoms with Crippen LogP contribution in [0, 0.1) is 5.92 Å². The predicted octanol–water partition coefficient (Wildman–Crippen LogP) is 0.715. The topological polar surface area (TPSA) is 95.7 Å². The fraction of sp³-hybridized carbons (Fsp3) is 0.800. The predicted molar refractivity (Wildman–Crippen MR) is 89.1 cm³/mol. The number of likely N-dealkylation sites (tertiary alicyclic amines) is 1. The van der Waals surface area contributed by atoms with Gasteiger partial charge in [-0.25, -0.2) is 4.79 Å². The number of nitrogens with one attached hydrogen (secondary N) is 1. The van der Waals surface area contributed by atoms with E-state index in [1.54, 1.807) is 4.90 Å². The van der Waals surface area contributed by atoms with Crippen molar-refractivity contribution < 1.29 is 14.4 Å². The van der Waals surface area contributed by atoms with Crippen molar-refractivity contribution in [2.45, 2.75) is 51.6 Å². The normalized spacial score (nSPS) is 26.3. The van der Waals surface area contributed by atoms with Gasteiger partial charge in [-0.1, -0.05) is 13.8 Å². The number of amides is 4. The fourth-order valence-corrected chi connectivity index (χ4v) is 3.44. The lowest BCUT2D eigenvalue weighted by Gasteiger charge is -2.25. The maximum Gasteiger partial charge on any atom is 0.325 e. The van der Waals surface area contributed by atoms with Crippen LogP contribution in [-0.2, 0) is 9.59 Å². The van der Waals surface area contributed by atoms with Crippen LogP contribution in [0.3, 0.4) is 0 Å². The number of rotatable bonds is 5. The number of hydrogen-bond donors (Lipinski definition) is 2. The van der Waals surface area contributed by atoms with Crippen LogP contribution < -0.4 is 11.1 Å². The summed E-state index contributed by atoms with van der Waals surface area (Å²) in [5.41, 5.74) is 4.82. The van der Waals surface area contributed by atoms with Crippen LogP contribution in [0.5, 0.6) is 0 Å². The maximum absolute atomic E-state index is 12.5. The Morgan fingerprint density at radius 2 is 1.96 bits per heavy atom. The molecule has 2 atom stereocenters. The van der Waals surface area contributed by atoms with Crippen molar-refractivity contribution >= 4 is 30.3 Å². The molecular formula is C15H27ClN4O3. The first-order chi connectivity index (χ1) is 10.4. The minimum Gasteiger partial charge on any atom is -0.338 e. The standard InChI is InChI=1S/C15H26N4O3.ClH/c1-4-15(5-2)13(21)19(14(22)17-15)9-12(20)18-8-11(7-16)6-10(18)3;/h10-11H,4-9,16H2,1-3H3,(H,17,22);1H. The van der Waals surface area contributed by atoms with Crippen molar-refractivity contribution in [1.29, 1.82) is 0 Å². The zero-order valence-electron chi connectivity index (χ0n) is 14.0. The van der Waals surface area contributed by atoms with Gasteiger partial charge in [0, 0.05) is 12.6 Å². The van der Waals surface area contributed by atoms with Gasteiger partial charge in [0.1, 0.15) is 12.1 Å². The van der Waals surface area contributed by atoms with E-state index in [4.69, 9.17) is 5.73 Å². The molecule has 0 bridgehead atoms. The summed E-state index contributed by atoms with van der Waals surface area (Å²) < 4.78 is 0. The zero-order chi connectivity index (χ0) is 16.5. The first kappa shape index (κ1) is 19.7. The molecular weight excluding hydrogens is 320 g/mol. The van der Waals surface area contributed by atoms with E-state index in [0.717, 1.165) is 11.3 Å². The van der Waals surface area contributed by atoms with Gasteiger partial charge in [-0.3, -0.25) is 14.5 Å². The Labute approximate surface area is 143 Å². The minimum atomic E-state index is -0.853. The highest BCUT2D eigenvalue weighted by atomic mass is 35.5. The molecule has 0 aromatic carbocycles. The first-order valence-electron chi connectivity index (χ1n) is 8.02. The van der Waals surface area contributed by atoms with Crippen molar-refractivity contribution in [2.24, 2.45) is 11.7 Å². The van der Waals surface area contributed by atoms with Gasteiger partial charge in [0.2, 0.25) is 5.91 Å². The van der Waals surface area contributed by atoms with Gasteiger partial charge >= 0.3 is 6.03 Å². The molecule has 2 aliphatic heterocycles. The molecule has 23 heavy (non-hydrogen) atoms. The molecule has 7 nitrogen and oxygen atoms in total. The minimum absolute atomic E-state index is 0. The molecule has 8 heteroatoms. The molecule has 0 aromatic heterocycles. The molecule has 2 saturated heterocycles. The number of urea groups is 1. The summed E-state index contributed by atoms with van der Waals surface area (Å²) in [6.07, 6.45) is 1.92. The van der Waals surface area contributed by atoms with E-state index in [0.29, 0.717) is 31.8 Å². The summed E-state index contributed by atoms with van der Waals surface area (Å²) in [5.74, 6) is -0.180. The number of halogens is 1. The Bertz CT molecular complexity index is 481. The number of imide groups is 1. The molecule has 0 radical (unpaired) electrons. The molecule has 2 rings (SSSR count). The lowest BCUT2D eigenvalue weighted by Crippen LogP contribution is -2.47. The zero-order valence-corrected chi connectivity index (χ0v) is 14.8. The first-order valence-corrected chi connectivity index (χ1v) is 8.02. The van der Waals surface area contributed by atoms with Crippen molar-refractivity contribution in [2.75, 3.05) is 19.6 Å². The summed E-state index contributed by atoms with van der Waals surface area (Å²) in [7, 11) is 0. The SMILES string of the molecule is CCC1(CC)NC(=O)N(CC(=O)N2CC(CN)CC2C)C1=O.Cl. The van der Waals surface area contributed by atoms with Crippen LogP contribution in [0.4, 0.5) is 4.79 Å². The molecule has 4 amide bonds. The van der Waals surface area contributed by atoms with Crippen LogP contribution in [0.1, 0.15) is 40.0 Å². The summed E-state index contributed by atoms with van der Waals surface area (Å²) in [4.78, 5) is 39.8. The Morgan fingerprint density at radius 1 is 1.35 bits per heavy atom. The Hall–Kier alpha value is -1.34. The quantitative estimate of drug-likeness (QED) is 0.717. The molecule has 0 saturated carbocycles. The molecule has 2 unspecified atom stereocenters. The van der Waals surface area contributed by atoms with E-state index in [1.807, 2.05) is 20.8 Å². The third-order valence-electron chi connectivity index (χ3n) is 5.06. The highest BCUT2D eigenvalue weighted by Crippen LogP contribution is 2.26. The highest BCUT2D eigenvalue weighted by molar-refractivity contribution is 6.09. The lowest BCUT2D eigenvalue weighted by molar-refractivity contribution is -0.139. The van der Waals surface area contributed by atoms with Crippen LogP contribution in [0.25, 0.3) is 0 Å². The third-order valence-corrected chi connectivity index (χ3v) is 5.06. The molecule has 0 aliphatic carbocycles. The van der Waals surface area contributed by atoms with Crippen molar-refractivity contribution in [3.8, 4) is 0 Å². The van der Waals surface area contributed by atoms with Gasteiger partial charge in [-0.05, 0) is 38.6 Å². The number of carbonyl (C=O) groups is 3. The smallest absolute Gasteiger partial charge is 0.325 e. The van der Waals surface area contributed by atoms with Gasteiger partial charge < -0.3 is 16.0 Å². The molecule has 2 fully saturated rings. The van der Waals surface area contributed by atoms with Gasteiger partial charge in [0.15, 0.2) is 0 Å². The van der Waals surface area contributed by atoms with E-state index >= 15 is 0 Å². The summed E-state index contributed by atoms with van der Waals surface area (Å²) >= 11 is 0. The van der Waals surface area contributed by atoms with Crippen molar-refractivity contribution in [1.82, 2.24) is 15.1 Å². The molecule has 2 aliphatic rings. The largest absolute Gasteiger partial charge is 0.338 e. The Balaban J connectivity index is 0.00000264. The molecule has 2 heterocycles. The van der Waals surface area contributed by atoms with Crippen LogP contribution in [-0.4, -0.2) is 58.9 Å². The average Bonchev–Trinajstić information content (AvgIpc) is 3.00. The molecule has 3 N–H and O–H groups in total. The fourth-order valence-electron chi connectivity index (χ4n) is 3.44. The number of carbonyl (C=O) groups excluding carboxylic acids is 3. The van der Waals surface area contributed by atoms with E-state index in [9.17, 15) is 14.4 Å². The van der Waals surface area contributed by atoms with Crippen molar-refractivity contribution in [3.63, 3.8) is 0 Å². The molecule has 0 spiro atoms. The monoisotopic (exact) mass is 346 g/mol. The summed E-state index contributed by atoms with van der Waals surface area (Å²) in [5, 5.41) is 2.74.